The zero-order valence-electron chi connectivity index (χ0n) is 21.4. The standard InChI is InChI=1S/C26H35N7O3/c1-26(2,3)36-25(35)32-13-11-31(12-14-32)23-20-16-28-24(34)19(20)15-22(30-23)33-10-9-27-21(17-33)29-18-7-5-4-6-8-18/h9-10,15,17-18H,4-8,11-14,16H2,1-3H3,(H-,27,28,29,34)/p+1. The number of nitrogens with zero attached hydrogens (tertiary/aromatic N) is 5. The van der Waals surface area contributed by atoms with E-state index in [1.807, 2.05) is 43.8 Å². The van der Waals surface area contributed by atoms with Crippen LogP contribution in [0.15, 0.2) is 24.7 Å². The lowest BCUT2D eigenvalue weighted by atomic mass is 9.96. The fourth-order valence-corrected chi connectivity index (χ4v) is 5.07. The molecule has 10 heteroatoms. The molecule has 0 bridgehead atoms. The number of aromatic nitrogens is 3. The molecule has 0 radical (unpaired) electrons. The van der Waals surface area contributed by atoms with Gasteiger partial charge in [-0.15, -0.1) is 0 Å². The van der Waals surface area contributed by atoms with Crippen LogP contribution in [0.1, 0.15) is 68.8 Å². The van der Waals surface area contributed by atoms with Gasteiger partial charge in [0.1, 0.15) is 18.0 Å². The quantitative estimate of drug-likeness (QED) is 0.630. The van der Waals surface area contributed by atoms with Crippen LogP contribution >= 0.6 is 0 Å². The molecule has 2 amide bonds. The normalized spacial score (nSPS) is 18.6. The minimum Gasteiger partial charge on any atom is -0.444 e. The highest BCUT2D eigenvalue weighted by atomic mass is 16.6. The molecular formula is C26H36N7O3+. The number of carbonyl (C=O) groups excluding carboxylic acids is 2. The third-order valence-corrected chi connectivity index (χ3v) is 6.91. The summed E-state index contributed by atoms with van der Waals surface area (Å²) in [6.45, 7) is 8.38. The summed E-state index contributed by atoms with van der Waals surface area (Å²) < 4.78 is 7.45. The Bertz CT molecular complexity index is 1130. The Hall–Kier alpha value is -3.43. The summed E-state index contributed by atoms with van der Waals surface area (Å²) in [6, 6.07) is 2.29. The van der Waals surface area contributed by atoms with Crippen molar-refractivity contribution in [3.63, 3.8) is 0 Å². The average Bonchev–Trinajstić information content (AvgIpc) is 3.24. The molecule has 1 saturated carbocycles. The highest BCUT2D eigenvalue weighted by molar-refractivity contribution is 6.00. The number of ether oxygens (including phenoxy) is 1. The number of pyridine rings is 1. The van der Waals surface area contributed by atoms with E-state index in [2.05, 4.69) is 20.5 Å². The topological polar surface area (TPSA) is 104 Å². The minimum absolute atomic E-state index is 0.0856. The molecule has 0 spiro atoms. The highest BCUT2D eigenvalue weighted by Crippen LogP contribution is 2.28. The average molecular weight is 495 g/mol. The van der Waals surface area contributed by atoms with Gasteiger partial charge in [-0.25, -0.2) is 9.78 Å². The predicted molar refractivity (Wildman–Crippen MR) is 135 cm³/mol. The maximum atomic E-state index is 12.6. The van der Waals surface area contributed by atoms with Gasteiger partial charge in [0, 0.05) is 44.8 Å². The van der Waals surface area contributed by atoms with Gasteiger partial charge in [0.25, 0.3) is 5.91 Å². The molecule has 3 aliphatic rings. The van der Waals surface area contributed by atoms with Gasteiger partial charge in [0.15, 0.2) is 5.82 Å². The molecule has 2 aromatic rings. The van der Waals surface area contributed by atoms with Crippen molar-refractivity contribution in [1.29, 1.82) is 0 Å². The second-order valence-electron chi connectivity index (χ2n) is 10.8. The zero-order chi connectivity index (χ0) is 25.3. The number of hydrogen-bond acceptors (Lipinski definition) is 7. The first-order valence-corrected chi connectivity index (χ1v) is 13.0. The summed E-state index contributed by atoms with van der Waals surface area (Å²) in [7, 11) is 0. The van der Waals surface area contributed by atoms with E-state index in [0.29, 0.717) is 50.1 Å². The Morgan fingerprint density at radius 2 is 1.92 bits per heavy atom. The van der Waals surface area contributed by atoms with Gasteiger partial charge in [-0.3, -0.25) is 4.79 Å². The van der Waals surface area contributed by atoms with Gasteiger partial charge in [-0.2, -0.15) is 4.57 Å². The van der Waals surface area contributed by atoms with Crippen molar-refractivity contribution in [2.75, 3.05) is 36.4 Å². The lowest BCUT2D eigenvalue weighted by Crippen LogP contribution is -2.50. The van der Waals surface area contributed by atoms with Crippen molar-refractivity contribution in [3.8, 4) is 5.82 Å². The first-order valence-electron chi connectivity index (χ1n) is 13.0. The Morgan fingerprint density at radius 3 is 2.64 bits per heavy atom. The van der Waals surface area contributed by atoms with Gasteiger partial charge in [0.2, 0.25) is 5.82 Å². The van der Waals surface area contributed by atoms with E-state index in [4.69, 9.17) is 9.72 Å². The Morgan fingerprint density at radius 1 is 1.17 bits per heavy atom. The number of rotatable bonds is 4. The molecule has 1 saturated heterocycles. The number of anilines is 2. The van der Waals surface area contributed by atoms with E-state index in [1.165, 1.54) is 19.3 Å². The van der Waals surface area contributed by atoms with Crippen LogP contribution in [0, 0.1) is 0 Å². The van der Waals surface area contributed by atoms with E-state index < -0.39 is 5.60 Å². The lowest BCUT2D eigenvalue weighted by Gasteiger charge is -2.35. The monoisotopic (exact) mass is 494 g/mol. The van der Waals surface area contributed by atoms with Crippen molar-refractivity contribution >= 4 is 23.6 Å². The molecule has 0 atom stereocenters. The molecule has 2 N–H and O–H groups in total. The number of carbonyl (C=O) groups is 2. The molecule has 10 nitrogen and oxygen atoms in total. The number of piperazine rings is 1. The summed E-state index contributed by atoms with van der Waals surface area (Å²) in [6.07, 6.45) is 11.4. The second kappa shape index (κ2) is 9.91. The summed E-state index contributed by atoms with van der Waals surface area (Å²) >= 11 is 0. The minimum atomic E-state index is -0.524. The van der Waals surface area contributed by atoms with Crippen LogP contribution in [-0.2, 0) is 11.3 Å². The molecule has 5 rings (SSSR count). The first-order chi connectivity index (χ1) is 17.3. The number of nitrogens with one attached hydrogen (secondary N) is 2. The summed E-state index contributed by atoms with van der Waals surface area (Å²) in [5.41, 5.74) is 1.03. The molecule has 1 aliphatic carbocycles. The molecule has 2 fully saturated rings. The maximum Gasteiger partial charge on any atom is 0.410 e. The second-order valence-corrected chi connectivity index (χ2v) is 10.8. The van der Waals surface area contributed by atoms with E-state index >= 15 is 0 Å². The SMILES string of the molecule is CC(C)(C)OC(=O)N1CCN(c2nc(-[n+]3ccnc(NC4CCCCC4)c3)cc3c2CNC3=O)CC1. The smallest absolute Gasteiger partial charge is 0.410 e. The zero-order valence-corrected chi connectivity index (χ0v) is 21.4. The molecule has 4 heterocycles. The Kier molecular flexibility index (Phi) is 6.68. The van der Waals surface area contributed by atoms with Gasteiger partial charge in [-0.1, -0.05) is 19.3 Å². The van der Waals surface area contributed by atoms with Gasteiger partial charge in [0.05, 0.1) is 17.3 Å². The van der Waals surface area contributed by atoms with Crippen LogP contribution in [0.4, 0.5) is 16.4 Å². The molecular weight excluding hydrogens is 458 g/mol. The Balaban J connectivity index is 1.37. The Labute approximate surface area is 212 Å². The molecule has 0 unspecified atom stereocenters. The summed E-state index contributed by atoms with van der Waals surface area (Å²) in [5, 5.41) is 6.50. The fourth-order valence-electron chi connectivity index (χ4n) is 5.07. The van der Waals surface area contributed by atoms with E-state index in [1.54, 1.807) is 11.1 Å². The summed E-state index contributed by atoms with van der Waals surface area (Å²) in [5.74, 6) is 2.18. The summed E-state index contributed by atoms with van der Waals surface area (Å²) in [4.78, 5) is 38.5. The third kappa shape index (κ3) is 5.37. The van der Waals surface area contributed by atoms with Crippen LogP contribution < -0.4 is 20.1 Å². The molecule has 192 valence electrons. The first kappa shape index (κ1) is 24.3. The van der Waals surface area contributed by atoms with Crippen molar-refractivity contribution in [1.82, 2.24) is 20.2 Å². The van der Waals surface area contributed by atoms with Crippen LogP contribution in [0.3, 0.4) is 0 Å². The van der Waals surface area contributed by atoms with Crippen LogP contribution in [0.25, 0.3) is 5.82 Å². The van der Waals surface area contributed by atoms with E-state index in [9.17, 15) is 9.59 Å². The van der Waals surface area contributed by atoms with Gasteiger partial charge < -0.3 is 25.2 Å². The molecule has 2 aliphatic heterocycles. The van der Waals surface area contributed by atoms with E-state index in [-0.39, 0.29) is 12.0 Å². The van der Waals surface area contributed by atoms with Crippen LogP contribution in [0.2, 0.25) is 0 Å². The van der Waals surface area contributed by atoms with Crippen LogP contribution in [0.5, 0.6) is 0 Å². The number of fused-ring (bicyclic) bond motifs is 1. The highest BCUT2D eigenvalue weighted by Gasteiger charge is 2.34. The van der Waals surface area contributed by atoms with Crippen molar-refractivity contribution < 1.29 is 18.9 Å². The van der Waals surface area contributed by atoms with Crippen molar-refractivity contribution in [2.45, 2.75) is 71.1 Å². The largest absolute Gasteiger partial charge is 0.444 e. The lowest BCUT2D eigenvalue weighted by molar-refractivity contribution is -0.599. The molecule has 36 heavy (non-hydrogen) atoms. The van der Waals surface area contributed by atoms with Crippen LogP contribution in [-0.4, -0.2) is 64.7 Å². The number of hydrogen-bond donors (Lipinski definition) is 2. The van der Waals surface area contributed by atoms with E-state index in [0.717, 1.165) is 30.0 Å². The third-order valence-electron chi connectivity index (χ3n) is 6.91. The fraction of sp³-hybridized carbons (Fsp3) is 0.577. The number of amides is 2. The maximum absolute atomic E-state index is 12.6. The predicted octanol–water partition coefficient (Wildman–Crippen LogP) is 2.80. The van der Waals surface area contributed by atoms with Crippen molar-refractivity contribution in [2.24, 2.45) is 0 Å². The van der Waals surface area contributed by atoms with Crippen molar-refractivity contribution in [3.05, 3.63) is 35.8 Å². The molecule has 2 aromatic heterocycles. The van der Waals surface area contributed by atoms with Gasteiger partial charge in [-0.05, 0) is 38.6 Å². The molecule has 0 aromatic carbocycles. The van der Waals surface area contributed by atoms with Gasteiger partial charge >= 0.3 is 11.9 Å².